The van der Waals surface area contributed by atoms with E-state index in [1.807, 2.05) is 6.92 Å². The fourth-order valence-corrected chi connectivity index (χ4v) is 4.18. The number of halogens is 1. The predicted octanol–water partition coefficient (Wildman–Crippen LogP) is 3.28. The molecule has 1 N–H and O–H groups in total. The first kappa shape index (κ1) is 25.0. The van der Waals surface area contributed by atoms with Gasteiger partial charge in [0, 0.05) is 58.2 Å². The SMILES string of the molecule is CCNC(=NCCN1CCN(Cc2ccccc2)CC1)N(C)Cc1csc(C)n1.I. The molecule has 166 valence electrons. The molecule has 1 fully saturated rings. The molecule has 0 bridgehead atoms. The lowest BCUT2D eigenvalue weighted by Crippen LogP contribution is -2.46. The number of thiazole rings is 1. The second-order valence-corrected chi connectivity index (χ2v) is 8.62. The van der Waals surface area contributed by atoms with Crippen LogP contribution in [0.1, 0.15) is 23.2 Å². The number of guanidine groups is 1. The van der Waals surface area contributed by atoms with Crippen molar-refractivity contribution in [1.82, 2.24) is 25.0 Å². The first-order valence-electron chi connectivity index (χ1n) is 10.5. The van der Waals surface area contributed by atoms with Gasteiger partial charge in [-0.1, -0.05) is 30.3 Å². The Morgan fingerprint density at radius 3 is 2.50 bits per heavy atom. The topological polar surface area (TPSA) is 47.0 Å². The van der Waals surface area contributed by atoms with Crippen molar-refractivity contribution in [2.75, 3.05) is 52.9 Å². The van der Waals surface area contributed by atoms with E-state index < -0.39 is 0 Å². The van der Waals surface area contributed by atoms with Gasteiger partial charge in [-0.15, -0.1) is 35.3 Å². The molecule has 3 rings (SSSR count). The molecule has 0 saturated carbocycles. The smallest absolute Gasteiger partial charge is 0.194 e. The summed E-state index contributed by atoms with van der Waals surface area (Å²) in [4.78, 5) is 16.6. The lowest BCUT2D eigenvalue weighted by Gasteiger charge is -2.34. The normalized spacial score (nSPS) is 15.6. The van der Waals surface area contributed by atoms with Gasteiger partial charge in [0.05, 0.1) is 23.8 Å². The third-order valence-electron chi connectivity index (χ3n) is 5.15. The molecule has 2 aromatic rings. The van der Waals surface area contributed by atoms with Crippen molar-refractivity contribution < 1.29 is 0 Å². The van der Waals surface area contributed by atoms with Crippen molar-refractivity contribution >= 4 is 41.3 Å². The van der Waals surface area contributed by atoms with Crippen LogP contribution in [0.3, 0.4) is 0 Å². The van der Waals surface area contributed by atoms with Gasteiger partial charge in [-0.05, 0) is 19.4 Å². The molecule has 1 aromatic heterocycles. The second-order valence-electron chi connectivity index (χ2n) is 7.55. The summed E-state index contributed by atoms with van der Waals surface area (Å²) in [6.45, 7) is 13.2. The Morgan fingerprint density at radius 2 is 1.87 bits per heavy atom. The fraction of sp³-hybridized carbons (Fsp3) is 0.545. The zero-order valence-electron chi connectivity index (χ0n) is 18.4. The van der Waals surface area contributed by atoms with E-state index in [1.54, 1.807) is 11.3 Å². The van der Waals surface area contributed by atoms with Crippen LogP contribution in [0.15, 0.2) is 40.7 Å². The first-order chi connectivity index (χ1) is 14.1. The number of hydrogen-bond donors (Lipinski definition) is 1. The summed E-state index contributed by atoms with van der Waals surface area (Å²) in [5, 5.41) is 6.65. The van der Waals surface area contributed by atoms with Crippen LogP contribution in [-0.4, -0.2) is 78.5 Å². The molecule has 0 spiro atoms. The first-order valence-corrected chi connectivity index (χ1v) is 11.4. The molecule has 6 nitrogen and oxygen atoms in total. The Hall–Kier alpha value is -1.23. The minimum absolute atomic E-state index is 0. The summed E-state index contributed by atoms with van der Waals surface area (Å²) < 4.78 is 0. The molecule has 2 heterocycles. The highest BCUT2D eigenvalue weighted by molar-refractivity contribution is 14.0. The second kappa shape index (κ2) is 13.2. The Bertz CT molecular complexity index is 758. The molecule has 1 aliphatic heterocycles. The number of aromatic nitrogens is 1. The van der Waals surface area contributed by atoms with E-state index in [0.29, 0.717) is 0 Å². The highest BCUT2D eigenvalue weighted by Crippen LogP contribution is 2.10. The van der Waals surface area contributed by atoms with Crippen LogP contribution in [0.5, 0.6) is 0 Å². The molecular formula is C22H35IN6S. The summed E-state index contributed by atoms with van der Waals surface area (Å²) in [5.74, 6) is 0.959. The summed E-state index contributed by atoms with van der Waals surface area (Å²) in [6.07, 6.45) is 0. The van der Waals surface area contributed by atoms with Crippen molar-refractivity contribution in [3.05, 3.63) is 52.0 Å². The van der Waals surface area contributed by atoms with Crippen LogP contribution in [-0.2, 0) is 13.1 Å². The number of nitrogens with zero attached hydrogens (tertiary/aromatic N) is 5. The largest absolute Gasteiger partial charge is 0.357 e. The van der Waals surface area contributed by atoms with E-state index in [9.17, 15) is 0 Å². The quantitative estimate of drug-likeness (QED) is 0.315. The van der Waals surface area contributed by atoms with E-state index in [0.717, 1.165) is 75.6 Å². The van der Waals surface area contributed by atoms with Gasteiger partial charge < -0.3 is 10.2 Å². The summed E-state index contributed by atoms with van der Waals surface area (Å²) in [5.41, 5.74) is 2.51. The maximum absolute atomic E-state index is 4.85. The zero-order valence-corrected chi connectivity index (χ0v) is 21.5. The van der Waals surface area contributed by atoms with E-state index in [4.69, 9.17) is 4.99 Å². The number of piperazine rings is 1. The van der Waals surface area contributed by atoms with Crippen LogP contribution in [0, 0.1) is 6.92 Å². The monoisotopic (exact) mass is 542 g/mol. The Kier molecular flexibility index (Phi) is 11.0. The van der Waals surface area contributed by atoms with Crippen LogP contribution in [0.4, 0.5) is 0 Å². The number of aryl methyl sites for hydroxylation is 1. The lowest BCUT2D eigenvalue weighted by atomic mass is 10.2. The van der Waals surface area contributed by atoms with Crippen molar-refractivity contribution in [2.24, 2.45) is 4.99 Å². The zero-order chi connectivity index (χ0) is 20.5. The Morgan fingerprint density at radius 1 is 1.17 bits per heavy atom. The fourth-order valence-electron chi connectivity index (χ4n) is 3.58. The number of benzene rings is 1. The van der Waals surface area contributed by atoms with E-state index in [-0.39, 0.29) is 24.0 Å². The van der Waals surface area contributed by atoms with Crippen LogP contribution < -0.4 is 5.32 Å². The van der Waals surface area contributed by atoms with Gasteiger partial charge in [0.1, 0.15) is 0 Å². The van der Waals surface area contributed by atoms with Gasteiger partial charge in [-0.25, -0.2) is 4.98 Å². The molecule has 1 aliphatic rings. The van der Waals surface area contributed by atoms with E-state index in [1.165, 1.54) is 5.56 Å². The molecule has 8 heteroatoms. The van der Waals surface area contributed by atoms with E-state index in [2.05, 4.69) is 74.7 Å². The molecule has 30 heavy (non-hydrogen) atoms. The third-order valence-corrected chi connectivity index (χ3v) is 5.98. The van der Waals surface area contributed by atoms with Crippen LogP contribution in [0.2, 0.25) is 0 Å². The molecule has 0 atom stereocenters. The lowest BCUT2D eigenvalue weighted by molar-refractivity contribution is 0.130. The van der Waals surface area contributed by atoms with Crippen molar-refractivity contribution in [3.8, 4) is 0 Å². The van der Waals surface area contributed by atoms with Gasteiger partial charge in [0.2, 0.25) is 0 Å². The molecule has 0 aliphatic carbocycles. The molecule has 1 aromatic carbocycles. The summed E-state index contributed by atoms with van der Waals surface area (Å²) in [7, 11) is 2.08. The van der Waals surface area contributed by atoms with Crippen LogP contribution in [0.25, 0.3) is 0 Å². The van der Waals surface area contributed by atoms with E-state index >= 15 is 0 Å². The van der Waals surface area contributed by atoms with Gasteiger partial charge in [0.25, 0.3) is 0 Å². The highest BCUT2D eigenvalue weighted by Gasteiger charge is 2.16. The molecule has 0 unspecified atom stereocenters. The third kappa shape index (κ3) is 8.13. The number of rotatable bonds is 8. The summed E-state index contributed by atoms with van der Waals surface area (Å²) in [6, 6.07) is 10.8. The maximum atomic E-state index is 4.85. The van der Waals surface area contributed by atoms with Gasteiger partial charge in [-0.3, -0.25) is 14.8 Å². The Balaban J connectivity index is 0.00000320. The van der Waals surface area contributed by atoms with Gasteiger partial charge in [-0.2, -0.15) is 0 Å². The van der Waals surface area contributed by atoms with Crippen molar-refractivity contribution in [3.63, 3.8) is 0 Å². The minimum atomic E-state index is 0. The predicted molar refractivity (Wildman–Crippen MR) is 138 cm³/mol. The maximum Gasteiger partial charge on any atom is 0.194 e. The number of hydrogen-bond acceptors (Lipinski definition) is 5. The van der Waals surface area contributed by atoms with Crippen molar-refractivity contribution in [2.45, 2.75) is 26.9 Å². The molecule has 0 amide bonds. The molecule has 1 saturated heterocycles. The van der Waals surface area contributed by atoms with Gasteiger partial charge in [0.15, 0.2) is 5.96 Å². The number of nitrogens with one attached hydrogen (secondary N) is 1. The van der Waals surface area contributed by atoms with Crippen molar-refractivity contribution in [1.29, 1.82) is 0 Å². The van der Waals surface area contributed by atoms with Gasteiger partial charge >= 0.3 is 0 Å². The standard InChI is InChI=1S/C22H34N6S.HI/c1-4-23-22(26(3)17-21-18-29-19(2)25-21)24-10-11-27-12-14-28(15-13-27)16-20-8-6-5-7-9-20;/h5-9,18H,4,10-17H2,1-3H3,(H,23,24);1H. The average Bonchev–Trinajstić information content (AvgIpc) is 3.14. The minimum Gasteiger partial charge on any atom is -0.357 e. The highest BCUT2D eigenvalue weighted by atomic mass is 127. The Labute approximate surface area is 202 Å². The number of aliphatic imine (C=N–C) groups is 1. The average molecular weight is 543 g/mol. The molecular weight excluding hydrogens is 507 g/mol. The summed E-state index contributed by atoms with van der Waals surface area (Å²) >= 11 is 1.70. The van der Waals surface area contributed by atoms with Crippen LogP contribution >= 0.6 is 35.3 Å². The molecule has 0 radical (unpaired) electrons.